The lowest BCUT2D eigenvalue weighted by Gasteiger charge is -2.13. The van der Waals surface area contributed by atoms with Crippen LogP contribution >= 0.6 is 0 Å². The summed E-state index contributed by atoms with van der Waals surface area (Å²) in [7, 11) is 0. The molecule has 0 amide bonds. The second-order valence-corrected chi connectivity index (χ2v) is 3.72. The minimum Gasteiger partial charge on any atom is -0.478 e. The van der Waals surface area contributed by atoms with E-state index in [0.29, 0.717) is 6.54 Å². The van der Waals surface area contributed by atoms with E-state index in [1.807, 2.05) is 19.1 Å². The van der Waals surface area contributed by atoms with E-state index in [4.69, 9.17) is 5.11 Å². The standard InChI is InChI=1S/C12H16N2O2/c1-9(6-12(15)16)7-14-10(2)11-4-3-5-13-8-11/h3-6,8,10,14H,7H2,1-2H3,(H,15,16)/b9-6+. The van der Waals surface area contributed by atoms with E-state index in [1.54, 1.807) is 19.3 Å². The predicted octanol–water partition coefficient (Wildman–Crippen LogP) is 1.76. The van der Waals surface area contributed by atoms with E-state index in [1.165, 1.54) is 6.08 Å². The van der Waals surface area contributed by atoms with Crippen molar-refractivity contribution in [3.8, 4) is 0 Å². The van der Waals surface area contributed by atoms with Crippen LogP contribution in [0.3, 0.4) is 0 Å². The van der Waals surface area contributed by atoms with Crippen LogP contribution < -0.4 is 5.32 Å². The van der Waals surface area contributed by atoms with Gasteiger partial charge in [-0.15, -0.1) is 0 Å². The van der Waals surface area contributed by atoms with Crippen molar-refractivity contribution in [2.75, 3.05) is 6.54 Å². The van der Waals surface area contributed by atoms with Crippen molar-refractivity contribution >= 4 is 5.97 Å². The molecule has 0 saturated heterocycles. The van der Waals surface area contributed by atoms with Crippen molar-refractivity contribution in [1.29, 1.82) is 0 Å². The summed E-state index contributed by atoms with van der Waals surface area (Å²) in [5.41, 5.74) is 1.88. The molecule has 16 heavy (non-hydrogen) atoms. The van der Waals surface area contributed by atoms with Crippen molar-refractivity contribution in [2.24, 2.45) is 0 Å². The zero-order valence-electron chi connectivity index (χ0n) is 9.47. The number of pyridine rings is 1. The largest absolute Gasteiger partial charge is 0.478 e. The molecule has 0 spiro atoms. The lowest BCUT2D eigenvalue weighted by molar-refractivity contribution is -0.131. The second-order valence-electron chi connectivity index (χ2n) is 3.72. The van der Waals surface area contributed by atoms with E-state index in [0.717, 1.165) is 11.1 Å². The minimum absolute atomic E-state index is 0.158. The van der Waals surface area contributed by atoms with Crippen LogP contribution in [0.4, 0.5) is 0 Å². The molecular weight excluding hydrogens is 204 g/mol. The SMILES string of the molecule is C/C(=C\C(=O)O)CNC(C)c1cccnc1. The van der Waals surface area contributed by atoms with Crippen LogP contribution in [-0.4, -0.2) is 22.6 Å². The highest BCUT2D eigenvalue weighted by molar-refractivity contribution is 5.80. The predicted molar refractivity (Wildman–Crippen MR) is 62.0 cm³/mol. The molecule has 1 aromatic heterocycles. The fraction of sp³-hybridized carbons (Fsp3) is 0.333. The first kappa shape index (κ1) is 12.4. The Morgan fingerprint density at radius 2 is 2.44 bits per heavy atom. The summed E-state index contributed by atoms with van der Waals surface area (Å²) in [5, 5.41) is 11.8. The Hall–Kier alpha value is -1.68. The Labute approximate surface area is 95.0 Å². The Kier molecular flexibility index (Phi) is 4.66. The van der Waals surface area contributed by atoms with Gasteiger partial charge in [-0.25, -0.2) is 4.79 Å². The van der Waals surface area contributed by atoms with Gasteiger partial charge in [0.15, 0.2) is 0 Å². The Morgan fingerprint density at radius 3 is 3.00 bits per heavy atom. The molecule has 4 heteroatoms. The molecule has 0 fully saturated rings. The van der Waals surface area contributed by atoms with Gasteiger partial charge in [0.25, 0.3) is 0 Å². The van der Waals surface area contributed by atoms with E-state index < -0.39 is 5.97 Å². The van der Waals surface area contributed by atoms with Gasteiger partial charge in [-0.3, -0.25) is 4.98 Å². The van der Waals surface area contributed by atoms with Crippen molar-refractivity contribution in [3.63, 3.8) is 0 Å². The number of carbonyl (C=O) groups is 1. The van der Waals surface area contributed by atoms with Gasteiger partial charge in [-0.2, -0.15) is 0 Å². The molecule has 0 aliphatic rings. The third-order valence-electron chi connectivity index (χ3n) is 2.24. The summed E-state index contributed by atoms with van der Waals surface area (Å²) >= 11 is 0. The van der Waals surface area contributed by atoms with Gasteiger partial charge in [0, 0.05) is 31.1 Å². The molecule has 4 nitrogen and oxygen atoms in total. The molecule has 2 N–H and O–H groups in total. The van der Waals surface area contributed by atoms with Crippen LogP contribution in [0.2, 0.25) is 0 Å². The quantitative estimate of drug-likeness (QED) is 0.742. The molecule has 1 atom stereocenters. The monoisotopic (exact) mass is 220 g/mol. The maximum atomic E-state index is 10.4. The number of hydrogen-bond donors (Lipinski definition) is 2. The van der Waals surface area contributed by atoms with Crippen LogP contribution in [0, 0.1) is 0 Å². The first-order chi connectivity index (χ1) is 7.59. The van der Waals surface area contributed by atoms with Crippen LogP contribution in [0.25, 0.3) is 0 Å². The van der Waals surface area contributed by atoms with Gasteiger partial charge in [0.05, 0.1) is 0 Å². The lowest BCUT2D eigenvalue weighted by atomic mass is 10.1. The molecule has 1 aromatic rings. The first-order valence-electron chi connectivity index (χ1n) is 5.13. The van der Waals surface area contributed by atoms with Crippen molar-refractivity contribution in [1.82, 2.24) is 10.3 Å². The number of carboxylic acids is 1. The third kappa shape index (κ3) is 4.23. The molecule has 0 bridgehead atoms. The van der Waals surface area contributed by atoms with Crippen molar-refractivity contribution in [2.45, 2.75) is 19.9 Å². The maximum Gasteiger partial charge on any atom is 0.328 e. The minimum atomic E-state index is -0.909. The highest BCUT2D eigenvalue weighted by Crippen LogP contribution is 2.09. The molecule has 0 radical (unpaired) electrons. The molecule has 1 heterocycles. The van der Waals surface area contributed by atoms with Crippen molar-refractivity contribution in [3.05, 3.63) is 41.7 Å². The lowest BCUT2D eigenvalue weighted by Crippen LogP contribution is -2.21. The average Bonchev–Trinajstić information content (AvgIpc) is 2.26. The molecule has 0 aromatic carbocycles. The van der Waals surface area contributed by atoms with E-state index in [-0.39, 0.29) is 6.04 Å². The summed E-state index contributed by atoms with van der Waals surface area (Å²) in [5.74, 6) is -0.909. The number of nitrogens with zero attached hydrogens (tertiary/aromatic N) is 1. The van der Waals surface area contributed by atoms with Crippen LogP contribution in [0.15, 0.2) is 36.2 Å². The summed E-state index contributed by atoms with van der Waals surface area (Å²) in [6, 6.07) is 4.03. The van der Waals surface area contributed by atoms with E-state index >= 15 is 0 Å². The molecule has 1 unspecified atom stereocenters. The molecular formula is C12H16N2O2. The summed E-state index contributed by atoms with van der Waals surface area (Å²) in [4.78, 5) is 14.4. The molecule has 0 aliphatic carbocycles. The van der Waals surface area contributed by atoms with Gasteiger partial charge in [-0.1, -0.05) is 11.6 Å². The Balaban J connectivity index is 2.48. The topological polar surface area (TPSA) is 62.2 Å². The van der Waals surface area contributed by atoms with Gasteiger partial charge in [0.1, 0.15) is 0 Å². The van der Waals surface area contributed by atoms with Gasteiger partial charge < -0.3 is 10.4 Å². The number of hydrogen-bond acceptors (Lipinski definition) is 3. The zero-order valence-corrected chi connectivity index (χ0v) is 9.47. The summed E-state index contributed by atoms with van der Waals surface area (Å²) in [6.07, 6.45) is 4.74. The number of carboxylic acid groups (broad SMARTS) is 1. The smallest absolute Gasteiger partial charge is 0.328 e. The van der Waals surface area contributed by atoms with E-state index in [9.17, 15) is 4.79 Å². The number of rotatable bonds is 5. The third-order valence-corrected chi connectivity index (χ3v) is 2.24. The molecule has 1 rings (SSSR count). The Morgan fingerprint density at radius 1 is 1.69 bits per heavy atom. The highest BCUT2D eigenvalue weighted by atomic mass is 16.4. The first-order valence-corrected chi connectivity index (χ1v) is 5.13. The van der Waals surface area contributed by atoms with Gasteiger partial charge in [-0.05, 0) is 25.5 Å². The van der Waals surface area contributed by atoms with Crippen molar-refractivity contribution < 1.29 is 9.90 Å². The van der Waals surface area contributed by atoms with Gasteiger partial charge in [0.2, 0.25) is 0 Å². The Bertz CT molecular complexity index is 374. The molecule has 86 valence electrons. The molecule has 0 aliphatic heterocycles. The molecule has 0 saturated carbocycles. The number of aromatic nitrogens is 1. The van der Waals surface area contributed by atoms with Crippen LogP contribution in [-0.2, 0) is 4.79 Å². The summed E-state index contributed by atoms with van der Waals surface area (Å²) in [6.45, 7) is 4.37. The summed E-state index contributed by atoms with van der Waals surface area (Å²) < 4.78 is 0. The zero-order chi connectivity index (χ0) is 12.0. The number of nitrogens with one attached hydrogen (secondary N) is 1. The normalized spacial score (nSPS) is 13.5. The average molecular weight is 220 g/mol. The highest BCUT2D eigenvalue weighted by Gasteiger charge is 2.04. The van der Waals surface area contributed by atoms with E-state index in [2.05, 4.69) is 10.3 Å². The van der Waals surface area contributed by atoms with Gasteiger partial charge >= 0.3 is 5.97 Å². The van der Waals surface area contributed by atoms with Crippen LogP contribution in [0.5, 0.6) is 0 Å². The van der Waals surface area contributed by atoms with Crippen LogP contribution in [0.1, 0.15) is 25.5 Å². The second kappa shape index (κ2) is 6.02. The fourth-order valence-corrected chi connectivity index (χ4v) is 1.33. The fourth-order valence-electron chi connectivity index (χ4n) is 1.33. The maximum absolute atomic E-state index is 10.4. The number of aliphatic carboxylic acids is 1.